The van der Waals surface area contributed by atoms with Crippen molar-refractivity contribution in [3.63, 3.8) is 0 Å². The smallest absolute Gasteiger partial charge is 0.408 e. The standard InChI is InChI=1S/C18H25NO4/c1-6-15(22-12-14-10-8-7-9-11-14)16(13(2)20)19-17(21)23-18(3,4)5/h1,7-11,13,15-16,20H,12H2,2-5H3,(H,19,21). The van der Waals surface area contributed by atoms with Crippen molar-refractivity contribution in [2.24, 2.45) is 0 Å². The molecule has 0 saturated heterocycles. The van der Waals surface area contributed by atoms with Gasteiger partial charge in [-0.3, -0.25) is 0 Å². The second-order valence-corrected chi connectivity index (χ2v) is 6.30. The van der Waals surface area contributed by atoms with Crippen LogP contribution in [0.1, 0.15) is 33.3 Å². The van der Waals surface area contributed by atoms with E-state index in [1.165, 1.54) is 6.92 Å². The van der Waals surface area contributed by atoms with Crippen LogP contribution in [0, 0.1) is 12.3 Å². The monoisotopic (exact) mass is 319 g/mol. The van der Waals surface area contributed by atoms with Gasteiger partial charge in [0.05, 0.1) is 18.8 Å². The van der Waals surface area contributed by atoms with E-state index in [0.29, 0.717) is 0 Å². The third-order valence-corrected chi connectivity index (χ3v) is 2.97. The Morgan fingerprint density at radius 1 is 1.35 bits per heavy atom. The van der Waals surface area contributed by atoms with Crippen LogP contribution in [-0.4, -0.2) is 35.1 Å². The summed E-state index contributed by atoms with van der Waals surface area (Å²) >= 11 is 0. The zero-order valence-electron chi connectivity index (χ0n) is 14.1. The van der Waals surface area contributed by atoms with Crippen molar-refractivity contribution in [3.8, 4) is 12.3 Å². The van der Waals surface area contributed by atoms with Crippen molar-refractivity contribution in [1.29, 1.82) is 0 Å². The number of rotatable bonds is 6. The van der Waals surface area contributed by atoms with Gasteiger partial charge in [0, 0.05) is 0 Å². The highest BCUT2D eigenvalue weighted by atomic mass is 16.6. The average Bonchev–Trinajstić information content (AvgIpc) is 2.45. The molecule has 1 amide bonds. The van der Waals surface area contributed by atoms with Gasteiger partial charge >= 0.3 is 6.09 Å². The van der Waals surface area contributed by atoms with Gasteiger partial charge in [0.1, 0.15) is 11.7 Å². The maximum Gasteiger partial charge on any atom is 0.408 e. The molecular formula is C18H25NO4. The van der Waals surface area contributed by atoms with Crippen molar-refractivity contribution >= 4 is 6.09 Å². The lowest BCUT2D eigenvalue weighted by molar-refractivity contribution is 0.000285. The van der Waals surface area contributed by atoms with E-state index in [1.807, 2.05) is 30.3 Å². The van der Waals surface area contributed by atoms with Crippen LogP contribution in [-0.2, 0) is 16.1 Å². The lowest BCUT2D eigenvalue weighted by Gasteiger charge is -2.28. The molecule has 0 aromatic heterocycles. The first-order valence-corrected chi connectivity index (χ1v) is 7.52. The molecule has 1 rings (SSSR count). The summed E-state index contributed by atoms with van der Waals surface area (Å²) in [6.45, 7) is 7.10. The van der Waals surface area contributed by atoms with Crippen LogP contribution in [0.5, 0.6) is 0 Å². The number of hydrogen-bond acceptors (Lipinski definition) is 4. The number of alkyl carbamates (subject to hydrolysis) is 1. The summed E-state index contributed by atoms with van der Waals surface area (Å²) in [6.07, 6.45) is 3.19. The first-order valence-electron chi connectivity index (χ1n) is 7.52. The number of aliphatic hydroxyl groups is 1. The summed E-state index contributed by atoms with van der Waals surface area (Å²) in [6, 6.07) is 8.76. The van der Waals surface area contributed by atoms with Crippen LogP contribution >= 0.6 is 0 Å². The highest BCUT2D eigenvalue weighted by molar-refractivity contribution is 5.68. The molecule has 0 radical (unpaired) electrons. The third kappa shape index (κ3) is 7.18. The molecule has 3 atom stereocenters. The van der Waals surface area contributed by atoms with Crippen LogP contribution in [0.2, 0.25) is 0 Å². The molecule has 23 heavy (non-hydrogen) atoms. The van der Waals surface area contributed by atoms with Gasteiger partial charge < -0.3 is 19.9 Å². The summed E-state index contributed by atoms with van der Waals surface area (Å²) in [5, 5.41) is 12.5. The topological polar surface area (TPSA) is 67.8 Å². The Bertz CT molecular complexity index is 528. The van der Waals surface area contributed by atoms with Crippen molar-refractivity contribution < 1.29 is 19.4 Å². The van der Waals surface area contributed by atoms with Crippen LogP contribution in [0.25, 0.3) is 0 Å². The van der Waals surface area contributed by atoms with Crippen LogP contribution < -0.4 is 5.32 Å². The molecule has 0 heterocycles. The van der Waals surface area contributed by atoms with Gasteiger partial charge in [0.2, 0.25) is 0 Å². The zero-order valence-corrected chi connectivity index (χ0v) is 14.1. The molecule has 0 bridgehead atoms. The Kier molecular flexibility index (Phi) is 7.08. The average molecular weight is 319 g/mol. The SMILES string of the molecule is C#CC(OCc1ccccc1)C(NC(=O)OC(C)(C)C)C(C)O. The van der Waals surface area contributed by atoms with Crippen LogP contribution in [0.15, 0.2) is 30.3 Å². The summed E-state index contributed by atoms with van der Waals surface area (Å²) < 4.78 is 10.9. The molecule has 0 aliphatic heterocycles. The first-order chi connectivity index (χ1) is 10.7. The molecule has 0 saturated carbocycles. The van der Waals surface area contributed by atoms with E-state index >= 15 is 0 Å². The van der Waals surface area contributed by atoms with Crippen molar-refractivity contribution in [3.05, 3.63) is 35.9 Å². The number of amides is 1. The summed E-state index contributed by atoms with van der Waals surface area (Å²) in [4.78, 5) is 11.9. The number of hydrogen-bond donors (Lipinski definition) is 2. The fraction of sp³-hybridized carbons (Fsp3) is 0.500. The van der Waals surface area contributed by atoms with E-state index in [9.17, 15) is 9.90 Å². The second kappa shape index (κ2) is 8.56. The predicted octanol–water partition coefficient (Wildman–Crippen LogP) is 2.48. The molecule has 0 spiro atoms. The van der Waals surface area contributed by atoms with E-state index in [-0.39, 0.29) is 6.61 Å². The Morgan fingerprint density at radius 2 is 1.96 bits per heavy atom. The molecule has 5 nitrogen and oxygen atoms in total. The maximum atomic E-state index is 11.9. The predicted molar refractivity (Wildman–Crippen MR) is 88.7 cm³/mol. The first kappa shape index (κ1) is 19.0. The fourth-order valence-corrected chi connectivity index (χ4v) is 1.91. The Labute approximate surface area is 138 Å². The molecule has 1 aromatic carbocycles. The Morgan fingerprint density at radius 3 is 2.43 bits per heavy atom. The highest BCUT2D eigenvalue weighted by Gasteiger charge is 2.29. The number of aliphatic hydroxyl groups excluding tert-OH is 1. The fourth-order valence-electron chi connectivity index (χ4n) is 1.91. The third-order valence-electron chi connectivity index (χ3n) is 2.97. The number of nitrogens with one attached hydrogen (secondary N) is 1. The van der Waals surface area contributed by atoms with Crippen molar-refractivity contribution in [2.45, 2.75) is 58.2 Å². The van der Waals surface area contributed by atoms with Gasteiger partial charge in [-0.1, -0.05) is 36.3 Å². The minimum atomic E-state index is -0.889. The molecule has 0 aliphatic carbocycles. The molecule has 126 valence electrons. The normalized spacial score (nSPS) is 15.1. The lowest BCUT2D eigenvalue weighted by Crippen LogP contribution is -2.51. The minimum absolute atomic E-state index is 0.287. The number of benzene rings is 1. The lowest BCUT2D eigenvalue weighted by atomic mass is 10.1. The number of ether oxygens (including phenoxy) is 2. The van der Waals surface area contributed by atoms with Gasteiger partial charge in [-0.15, -0.1) is 6.42 Å². The van der Waals surface area contributed by atoms with E-state index in [2.05, 4.69) is 11.2 Å². The largest absolute Gasteiger partial charge is 0.444 e. The van der Waals surface area contributed by atoms with Crippen LogP contribution in [0.3, 0.4) is 0 Å². The van der Waals surface area contributed by atoms with Crippen molar-refractivity contribution in [2.75, 3.05) is 0 Å². The second-order valence-electron chi connectivity index (χ2n) is 6.30. The number of carbonyl (C=O) groups excluding carboxylic acids is 1. The molecule has 2 N–H and O–H groups in total. The molecular weight excluding hydrogens is 294 g/mol. The molecule has 3 unspecified atom stereocenters. The van der Waals surface area contributed by atoms with E-state index in [4.69, 9.17) is 15.9 Å². The number of carbonyl (C=O) groups is 1. The van der Waals surface area contributed by atoms with Gasteiger partial charge in [0.15, 0.2) is 0 Å². The Balaban J connectivity index is 2.69. The zero-order chi connectivity index (χ0) is 17.5. The minimum Gasteiger partial charge on any atom is -0.444 e. The molecule has 5 heteroatoms. The van der Waals surface area contributed by atoms with E-state index in [0.717, 1.165) is 5.56 Å². The van der Waals surface area contributed by atoms with Crippen molar-refractivity contribution in [1.82, 2.24) is 5.32 Å². The van der Waals surface area contributed by atoms with Gasteiger partial charge in [-0.05, 0) is 33.3 Å². The summed E-state index contributed by atoms with van der Waals surface area (Å²) in [5.41, 5.74) is 0.318. The van der Waals surface area contributed by atoms with E-state index < -0.39 is 29.9 Å². The summed E-state index contributed by atoms with van der Waals surface area (Å²) in [5.74, 6) is 2.47. The van der Waals surface area contributed by atoms with Crippen LogP contribution in [0.4, 0.5) is 4.79 Å². The highest BCUT2D eigenvalue weighted by Crippen LogP contribution is 2.11. The van der Waals surface area contributed by atoms with Gasteiger partial charge in [-0.25, -0.2) is 4.79 Å². The number of terminal acetylenes is 1. The Hall–Kier alpha value is -2.03. The maximum absolute atomic E-state index is 11.9. The van der Waals surface area contributed by atoms with Gasteiger partial charge in [0.25, 0.3) is 0 Å². The van der Waals surface area contributed by atoms with E-state index in [1.54, 1.807) is 20.8 Å². The van der Waals surface area contributed by atoms with Gasteiger partial charge in [-0.2, -0.15) is 0 Å². The molecule has 0 aliphatic rings. The molecule has 1 aromatic rings. The summed E-state index contributed by atoms with van der Waals surface area (Å²) in [7, 11) is 0. The molecule has 0 fully saturated rings. The quantitative estimate of drug-likeness (QED) is 0.791.